The quantitative estimate of drug-likeness (QED) is 0.467. The van der Waals surface area contributed by atoms with Gasteiger partial charge in [0.05, 0.1) is 0 Å². The van der Waals surface area contributed by atoms with Crippen LogP contribution in [0.25, 0.3) is 16.7 Å². The predicted octanol–water partition coefficient (Wildman–Crippen LogP) is 6.45. The van der Waals surface area contributed by atoms with Gasteiger partial charge in [-0.25, -0.2) is 13.2 Å². The molecule has 0 aliphatic carbocycles. The van der Waals surface area contributed by atoms with Gasteiger partial charge in [-0.15, -0.1) is 0 Å². The number of nitrogens with zero attached hydrogens (tertiary/aromatic N) is 1. The Morgan fingerprint density at radius 3 is 2.22 bits per heavy atom. The maximum Gasteiger partial charge on any atom is 0.131 e. The van der Waals surface area contributed by atoms with Crippen molar-refractivity contribution in [2.75, 3.05) is 26.2 Å². The summed E-state index contributed by atoms with van der Waals surface area (Å²) in [5, 5.41) is 0. The van der Waals surface area contributed by atoms with Crippen molar-refractivity contribution < 1.29 is 17.9 Å². The summed E-state index contributed by atoms with van der Waals surface area (Å²) in [4.78, 5) is 2.42. The number of piperidine rings is 1. The van der Waals surface area contributed by atoms with Crippen molar-refractivity contribution in [1.82, 2.24) is 4.90 Å². The third-order valence-electron chi connectivity index (χ3n) is 6.24. The molecule has 0 N–H and O–H groups in total. The van der Waals surface area contributed by atoms with E-state index < -0.39 is 11.6 Å². The second-order valence-electron chi connectivity index (χ2n) is 8.45. The molecule has 0 saturated carbocycles. The van der Waals surface area contributed by atoms with E-state index in [0.29, 0.717) is 17.9 Å². The number of ether oxygens (including phenoxy) is 1. The highest BCUT2D eigenvalue weighted by Gasteiger charge is 2.25. The van der Waals surface area contributed by atoms with Gasteiger partial charge in [0.1, 0.15) is 29.8 Å². The first-order chi connectivity index (χ1) is 15.6. The molecule has 32 heavy (non-hydrogen) atoms. The maximum atomic E-state index is 14.5. The smallest absolute Gasteiger partial charge is 0.131 e. The number of halogens is 3. The largest absolute Gasteiger partial charge is 0.489 e. The van der Waals surface area contributed by atoms with Crippen molar-refractivity contribution in [2.24, 2.45) is 0 Å². The fourth-order valence-electron chi connectivity index (χ4n) is 4.65. The molecule has 0 radical (unpaired) electrons. The Morgan fingerprint density at radius 1 is 0.719 bits per heavy atom. The van der Waals surface area contributed by atoms with E-state index in [2.05, 4.69) is 4.90 Å². The van der Waals surface area contributed by atoms with E-state index >= 15 is 0 Å². The summed E-state index contributed by atoms with van der Waals surface area (Å²) < 4.78 is 48.0. The molecule has 0 spiro atoms. The van der Waals surface area contributed by atoms with Gasteiger partial charge in [-0.3, -0.25) is 4.90 Å². The fraction of sp³-hybridized carbons (Fsp3) is 0.259. The van der Waals surface area contributed by atoms with Crippen LogP contribution < -0.4 is 4.74 Å². The van der Waals surface area contributed by atoms with Crippen LogP contribution in [0.4, 0.5) is 13.2 Å². The van der Waals surface area contributed by atoms with Crippen LogP contribution in [0.5, 0.6) is 5.75 Å². The molecule has 2 nitrogen and oxygen atoms in total. The highest BCUT2D eigenvalue weighted by atomic mass is 19.1. The van der Waals surface area contributed by atoms with Crippen molar-refractivity contribution in [3.05, 3.63) is 94.8 Å². The highest BCUT2D eigenvalue weighted by molar-refractivity contribution is 5.88. The van der Waals surface area contributed by atoms with Gasteiger partial charge in [-0.2, -0.15) is 0 Å². The van der Waals surface area contributed by atoms with Gasteiger partial charge in [0, 0.05) is 17.7 Å². The number of likely N-dealkylation sites (tertiary alicyclic amines) is 1. The first-order valence-corrected chi connectivity index (χ1v) is 11.0. The monoisotopic (exact) mass is 435 g/mol. The molecule has 5 heteroatoms. The van der Waals surface area contributed by atoms with Crippen LogP contribution in [0, 0.1) is 17.5 Å². The minimum absolute atomic E-state index is 0.203. The lowest BCUT2D eigenvalue weighted by molar-refractivity contribution is 0.234. The Morgan fingerprint density at radius 2 is 1.44 bits per heavy atom. The summed E-state index contributed by atoms with van der Waals surface area (Å²) >= 11 is 0. The highest BCUT2D eigenvalue weighted by Crippen LogP contribution is 2.40. The van der Waals surface area contributed by atoms with E-state index in [0.717, 1.165) is 54.0 Å². The zero-order chi connectivity index (χ0) is 22.1. The Hall–Kier alpha value is -3.05. The summed E-state index contributed by atoms with van der Waals surface area (Å²) in [6.07, 6.45) is 3.61. The summed E-state index contributed by atoms with van der Waals surface area (Å²) in [5.41, 5.74) is 4.58. The molecule has 5 rings (SSSR count). The molecule has 2 heterocycles. The van der Waals surface area contributed by atoms with E-state index in [1.807, 2.05) is 6.07 Å². The summed E-state index contributed by atoms with van der Waals surface area (Å²) in [6, 6.07) is 15.3. The lowest BCUT2D eigenvalue weighted by Gasteiger charge is -2.31. The Balaban J connectivity index is 1.63. The standard InChI is InChI=1S/C27H24F3NO/c28-21-7-4-18(5-8-21)27-20(16-31-12-2-1-3-13-31)17-32-26-11-6-19(14-24(26)27)23-15-22(29)9-10-25(23)30/h4-11,14-15H,1-3,12-13,16-17H2. The minimum Gasteiger partial charge on any atom is -0.489 e. The summed E-state index contributed by atoms with van der Waals surface area (Å²) in [5.74, 6) is -0.582. The van der Waals surface area contributed by atoms with Gasteiger partial charge in [-0.1, -0.05) is 24.6 Å². The van der Waals surface area contributed by atoms with Crippen LogP contribution >= 0.6 is 0 Å². The maximum absolute atomic E-state index is 14.5. The van der Waals surface area contributed by atoms with E-state index in [-0.39, 0.29) is 11.4 Å². The van der Waals surface area contributed by atoms with Crippen LogP contribution in [-0.4, -0.2) is 31.1 Å². The Kier molecular flexibility index (Phi) is 5.75. The molecular formula is C27H24F3NO. The number of fused-ring (bicyclic) bond motifs is 1. The lowest BCUT2D eigenvalue weighted by atomic mass is 9.88. The third kappa shape index (κ3) is 4.17. The molecule has 0 aromatic heterocycles. The van der Waals surface area contributed by atoms with E-state index in [4.69, 9.17) is 4.74 Å². The number of hydrogen-bond donors (Lipinski definition) is 0. The molecule has 3 aromatic rings. The first-order valence-electron chi connectivity index (χ1n) is 11.0. The van der Waals surface area contributed by atoms with Crippen molar-refractivity contribution >= 4 is 5.57 Å². The molecular weight excluding hydrogens is 411 g/mol. The van der Waals surface area contributed by atoms with E-state index in [1.54, 1.807) is 24.3 Å². The average Bonchev–Trinajstić information content (AvgIpc) is 2.81. The van der Waals surface area contributed by atoms with Crippen LogP contribution in [0.1, 0.15) is 30.4 Å². The molecule has 164 valence electrons. The number of benzene rings is 3. The summed E-state index contributed by atoms with van der Waals surface area (Å²) in [6.45, 7) is 3.30. The first kappa shape index (κ1) is 20.8. The van der Waals surface area contributed by atoms with Gasteiger partial charge in [0.15, 0.2) is 0 Å². The molecule has 2 aliphatic heterocycles. The molecule has 0 atom stereocenters. The topological polar surface area (TPSA) is 12.5 Å². The van der Waals surface area contributed by atoms with Gasteiger partial charge >= 0.3 is 0 Å². The second kappa shape index (κ2) is 8.83. The number of hydrogen-bond acceptors (Lipinski definition) is 2. The van der Waals surface area contributed by atoms with Crippen molar-refractivity contribution in [2.45, 2.75) is 19.3 Å². The SMILES string of the molecule is Fc1ccc(C2=C(CN3CCCCC3)COc3ccc(-c4cc(F)ccc4F)cc32)cc1. The molecule has 0 amide bonds. The molecule has 0 unspecified atom stereocenters. The van der Waals surface area contributed by atoms with Crippen molar-refractivity contribution in [3.8, 4) is 16.9 Å². The predicted molar refractivity (Wildman–Crippen MR) is 120 cm³/mol. The van der Waals surface area contributed by atoms with Gasteiger partial charge in [0.2, 0.25) is 0 Å². The Labute approximate surface area is 185 Å². The molecule has 1 fully saturated rings. The van der Waals surface area contributed by atoms with Crippen LogP contribution in [0.2, 0.25) is 0 Å². The Bertz CT molecular complexity index is 1160. The van der Waals surface area contributed by atoms with Crippen molar-refractivity contribution in [1.29, 1.82) is 0 Å². The van der Waals surface area contributed by atoms with Gasteiger partial charge in [0.25, 0.3) is 0 Å². The molecule has 2 aliphatic rings. The van der Waals surface area contributed by atoms with Crippen LogP contribution in [0.3, 0.4) is 0 Å². The van der Waals surface area contributed by atoms with Gasteiger partial charge in [-0.05, 0) is 90.7 Å². The third-order valence-corrected chi connectivity index (χ3v) is 6.24. The fourth-order valence-corrected chi connectivity index (χ4v) is 4.65. The molecule has 0 bridgehead atoms. The van der Waals surface area contributed by atoms with E-state index in [1.165, 1.54) is 37.5 Å². The zero-order valence-electron chi connectivity index (χ0n) is 17.7. The van der Waals surface area contributed by atoms with Crippen LogP contribution in [-0.2, 0) is 0 Å². The molecule has 3 aromatic carbocycles. The summed E-state index contributed by atoms with van der Waals surface area (Å²) in [7, 11) is 0. The average molecular weight is 435 g/mol. The van der Waals surface area contributed by atoms with Gasteiger partial charge < -0.3 is 4.74 Å². The van der Waals surface area contributed by atoms with Crippen molar-refractivity contribution in [3.63, 3.8) is 0 Å². The lowest BCUT2D eigenvalue weighted by Crippen LogP contribution is -2.33. The normalized spacial score (nSPS) is 16.6. The second-order valence-corrected chi connectivity index (χ2v) is 8.45. The molecule has 1 saturated heterocycles. The zero-order valence-corrected chi connectivity index (χ0v) is 17.7. The van der Waals surface area contributed by atoms with E-state index in [9.17, 15) is 13.2 Å². The van der Waals surface area contributed by atoms with Crippen LogP contribution in [0.15, 0.2) is 66.2 Å². The minimum atomic E-state index is -0.490. The number of rotatable bonds is 4.